The molecule has 0 aromatic heterocycles. The first kappa shape index (κ1) is 14.4. The zero-order valence-corrected chi connectivity index (χ0v) is 12.2. The highest BCUT2D eigenvalue weighted by molar-refractivity contribution is 5.46. The van der Waals surface area contributed by atoms with Crippen LogP contribution in [0.25, 0.3) is 0 Å². The Morgan fingerprint density at radius 1 is 0.950 bits per heavy atom. The number of nitrogens with one attached hydrogen (secondary N) is 1. The highest BCUT2D eigenvalue weighted by Crippen LogP contribution is 2.30. The number of benzene rings is 2. The van der Waals surface area contributed by atoms with E-state index in [1.165, 1.54) is 5.56 Å². The highest BCUT2D eigenvalue weighted by atomic mass is 16.5. The lowest BCUT2D eigenvalue weighted by molar-refractivity contribution is 0.350. The van der Waals surface area contributed by atoms with Gasteiger partial charge in [-0.05, 0) is 18.6 Å². The van der Waals surface area contributed by atoms with Crippen molar-refractivity contribution in [2.75, 3.05) is 14.2 Å². The van der Waals surface area contributed by atoms with E-state index in [2.05, 4.69) is 36.5 Å². The van der Waals surface area contributed by atoms with Crippen molar-refractivity contribution >= 4 is 0 Å². The van der Waals surface area contributed by atoms with E-state index in [0.29, 0.717) is 0 Å². The molecule has 0 amide bonds. The third-order valence-electron chi connectivity index (χ3n) is 3.38. The minimum absolute atomic E-state index is 0.284. The molecule has 20 heavy (non-hydrogen) atoms. The van der Waals surface area contributed by atoms with Crippen LogP contribution in [0.5, 0.6) is 11.5 Å². The van der Waals surface area contributed by atoms with E-state index in [1.807, 2.05) is 24.3 Å². The summed E-state index contributed by atoms with van der Waals surface area (Å²) in [5.41, 5.74) is 2.36. The average molecular weight is 271 g/mol. The zero-order valence-electron chi connectivity index (χ0n) is 12.2. The van der Waals surface area contributed by atoms with Gasteiger partial charge in [-0.25, -0.2) is 0 Å². The van der Waals surface area contributed by atoms with Crippen molar-refractivity contribution in [3.8, 4) is 11.5 Å². The van der Waals surface area contributed by atoms with Crippen LogP contribution < -0.4 is 14.8 Å². The number of para-hydroxylation sites is 1. The van der Waals surface area contributed by atoms with Crippen LogP contribution in [0.4, 0.5) is 0 Å². The van der Waals surface area contributed by atoms with Crippen molar-refractivity contribution in [3.05, 3.63) is 59.7 Å². The van der Waals surface area contributed by atoms with Crippen LogP contribution >= 0.6 is 0 Å². The van der Waals surface area contributed by atoms with Crippen LogP contribution in [-0.4, -0.2) is 14.2 Å². The van der Waals surface area contributed by atoms with Gasteiger partial charge in [0.05, 0.1) is 14.2 Å². The maximum atomic E-state index is 5.44. The first-order chi connectivity index (χ1) is 9.76. The van der Waals surface area contributed by atoms with Gasteiger partial charge in [0.25, 0.3) is 0 Å². The number of methoxy groups -OCH3 is 2. The number of hydrogen-bond donors (Lipinski definition) is 1. The van der Waals surface area contributed by atoms with Crippen LogP contribution in [0, 0.1) is 0 Å². The predicted molar refractivity (Wildman–Crippen MR) is 81.2 cm³/mol. The van der Waals surface area contributed by atoms with Crippen LogP contribution in [0.3, 0.4) is 0 Å². The Labute approximate surface area is 120 Å². The Hall–Kier alpha value is -2.00. The van der Waals surface area contributed by atoms with E-state index in [9.17, 15) is 0 Å². The second-order valence-corrected chi connectivity index (χ2v) is 4.67. The number of hydrogen-bond acceptors (Lipinski definition) is 3. The van der Waals surface area contributed by atoms with Crippen molar-refractivity contribution in [2.45, 2.75) is 19.5 Å². The lowest BCUT2D eigenvalue weighted by Crippen LogP contribution is -2.18. The van der Waals surface area contributed by atoms with Crippen molar-refractivity contribution in [1.82, 2.24) is 5.32 Å². The Balaban J connectivity index is 2.07. The fourth-order valence-electron chi connectivity index (χ4n) is 2.22. The summed E-state index contributed by atoms with van der Waals surface area (Å²) in [7, 11) is 3.32. The topological polar surface area (TPSA) is 30.5 Å². The molecule has 2 aromatic carbocycles. The van der Waals surface area contributed by atoms with Gasteiger partial charge in [-0.15, -0.1) is 0 Å². The third-order valence-corrected chi connectivity index (χ3v) is 3.38. The fraction of sp³-hybridized carbons (Fsp3) is 0.294. The summed E-state index contributed by atoms with van der Waals surface area (Å²) in [6.45, 7) is 2.89. The predicted octanol–water partition coefficient (Wildman–Crippen LogP) is 3.55. The first-order valence-corrected chi connectivity index (χ1v) is 6.74. The molecule has 0 spiro atoms. The minimum Gasteiger partial charge on any atom is -0.493 e. The third kappa shape index (κ3) is 3.31. The molecular weight excluding hydrogens is 250 g/mol. The molecule has 0 saturated heterocycles. The lowest BCUT2D eigenvalue weighted by atomic mass is 10.1. The molecule has 0 radical (unpaired) electrons. The monoisotopic (exact) mass is 271 g/mol. The highest BCUT2D eigenvalue weighted by Gasteiger charge is 2.10. The molecule has 3 heteroatoms. The van der Waals surface area contributed by atoms with Gasteiger partial charge in [0.2, 0.25) is 0 Å². The van der Waals surface area contributed by atoms with Crippen molar-refractivity contribution in [3.63, 3.8) is 0 Å². The summed E-state index contributed by atoms with van der Waals surface area (Å²) >= 11 is 0. The van der Waals surface area contributed by atoms with E-state index in [4.69, 9.17) is 9.47 Å². The molecule has 2 aromatic rings. The molecule has 0 fully saturated rings. The molecule has 1 N–H and O–H groups in total. The SMILES string of the molecule is COc1cccc(CN[C@H](C)c2ccccc2)c1OC. The van der Waals surface area contributed by atoms with E-state index in [0.717, 1.165) is 23.6 Å². The Kier molecular flexibility index (Phi) is 5.02. The zero-order chi connectivity index (χ0) is 14.4. The molecule has 1 atom stereocenters. The van der Waals surface area contributed by atoms with Crippen LogP contribution in [0.15, 0.2) is 48.5 Å². The van der Waals surface area contributed by atoms with Gasteiger partial charge in [-0.2, -0.15) is 0 Å². The standard InChI is InChI=1S/C17H21NO2/c1-13(14-8-5-4-6-9-14)18-12-15-10-7-11-16(19-2)17(15)20-3/h4-11,13,18H,12H2,1-3H3/t13-/m1/s1. The molecule has 0 aliphatic heterocycles. The molecule has 2 rings (SSSR count). The molecule has 0 unspecified atom stereocenters. The van der Waals surface area contributed by atoms with Crippen LogP contribution in [0.2, 0.25) is 0 Å². The quantitative estimate of drug-likeness (QED) is 0.871. The summed E-state index contributed by atoms with van der Waals surface area (Å²) in [6, 6.07) is 16.6. The summed E-state index contributed by atoms with van der Waals surface area (Å²) < 4.78 is 10.8. The molecule has 0 saturated carbocycles. The van der Waals surface area contributed by atoms with Crippen LogP contribution in [0.1, 0.15) is 24.1 Å². The van der Waals surface area contributed by atoms with E-state index < -0.39 is 0 Å². The summed E-state index contributed by atoms with van der Waals surface area (Å²) in [6.07, 6.45) is 0. The number of ether oxygens (including phenoxy) is 2. The minimum atomic E-state index is 0.284. The van der Waals surface area contributed by atoms with E-state index in [-0.39, 0.29) is 6.04 Å². The van der Waals surface area contributed by atoms with Gasteiger partial charge < -0.3 is 14.8 Å². The molecule has 0 bridgehead atoms. The van der Waals surface area contributed by atoms with Gasteiger partial charge in [0, 0.05) is 18.2 Å². The first-order valence-electron chi connectivity index (χ1n) is 6.74. The Morgan fingerprint density at radius 3 is 2.35 bits per heavy atom. The molecule has 0 heterocycles. The van der Waals surface area contributed by atoms with Crippen LogP contribution in [-0.2, 0) is 6.54 Å². The second-order valence-electron chi connectivity index (χ2n) is 4.67. The smallest absolute Gasteiger partial charge is 0.165 e. The molecule has 0 aliphatic carbocycles. The maximum absolute atomic E-state index is 5.44. The van der Waals surface area contributed by atoms with Crippen molar-refractivity contribution in [1.29, 1.82) is 0 Å². The van der Waals surface area contributed by atoms with Crippen molar-refractivity contribution in [2.24, 2.45) is 0 Å². The molecule has 3 nitrogen and oxygen atoms in total. The van der Waals surface area contributed by atoms with Gasteiger partial charge in [-0.3, -0.25) is 0 Å². The summed E-state index contributed by atoms with van der Waals surface area (Å²) in [5, 5.41) is 3.51. The molecular formula is C17H21NO2. The molecule has 0 aliphatic rings. The fourth-order valence-corrected chi connectivity index (χ4v) is 2.22. The van der Waals surface area contributed by atoms with E-state index >= 15 is 0 Å². The Bertz CT molecular complexity index is 540. The number of rotatable bonds is 6. The largest absolute Gasteiger partial charge is 0.493 e. The molecule has 106 valence electrons. The Morgan fingerprint density at radius 2 is 1.70 bits per heavy atom. The lowest BCUT2D eigenvalue weighted by Gasteiger charge is -2.17. The summed E-state index contributed by atoms with van der Waals surface area (Å²) in [5.74, 6) is 1.56. The van der Waals surface area contributed by atoms with Gasteiger partial charge in [0.1, 0.15) is 0 Å². The summed E-state index contributed by atoms with van der Waals surface area (Å²) in [4.78, 5) is 0. The normalized spacial score (nSPS) is 11.9. The van der Waals surface area contributed by atoms with Gasteiger partial charge in [-0.1, -0.05) is 42.5 Å². The van der Waals surface area contributed by atoms with Gasteiger partial charge >= 0.3 is 0 Å². The maximum Gasteiger partial charge on any atom is 0.165 e. The van der Waals surface area contributed by atoms with E-state index in [1.54, 1.807) is 14.2 Å². The second kappa shape index (κ2) is 6.96. The van der Waals surface area contributed by atoms with Crippen molar-refractivity contribution < 1.29 is 9.47 Å². The average Bonchev–Trinajstić information content (AvgIpc) is 2.52. The van der Waals surface area contributed by atoms with Gasteiger partial charge in [0.15, 0.2) is 11.5 Å².